The molecule has 0 aliphatic carbocycles. The van der Waals surface area contributed by atoms with Gasteiger partial charge in [-0.1, -0.05) is 12.1 Å². The maximum atomic E-state index is 13.9. The van der Waals surface area contributed by atoms with Gasteiger partial charge in [0.1, 0.15) is 18.5 Å². The third kappa shape index (κ3) is 7.47. The number of carbonyl (C=O) groups excluding carboxylic acids is 5. The number of Topliss-reactive ketones (excluding diaryl/α,β-unsaturated/α-hetero) is 1. The van der Waals surface area contributed by atoms with Crippen LogP contribution in [0.1, 0.15) is 19.3 Å². The highest BCUT2D eigenvalue weighted by molar-refractivity contribution is 6.40. The SMILES string of the molecule is CO[C@@H]1C[C@@H](C(=O)N[C@@H](C[C@@H]2CCNC2=O)C(=O)COC(F)(F)F)N(C(=O)C(=O)Nc2ccccc2F)C1. The maximum absolute atomic E-state index is 13.9. The molecule has 0 unspecified atom stereocenters. The van der Waals surface area contributed by atoms with Gasteiger partial charge < -0.3 is 25.6 Å². The van der Waals surface area contributed by atoms with Gasteiger partial charge in [-0.15, -0.1) is 13.2 Å². The summed E-state index contributed by atoms with van der Waals surface area (Å²) in [5, 5.41) is 6.97. The van der Waals surface area contributed by atoms with Crippen LogP contribution >= 0.6 is 0 Å². The van der Waals surface area contributed by atoms with Crippen LogP contribution < -0.4 is 16.0 Å². The molecule has 2 saturated heterocycles. The molecule has 0 aromatic heterocycles. The van der Waals surface area contributed by atoms with Crippen LogP contribution in [0.25, 0.3) is 0 Å². The third-order valence-corrected chi connectivity index (χ3v) is 6.24. The summed E-state index contributed by atoms with van der Waals surface area (Å²) in [5.41, 5.74) is -0.264. The van der Waals surface area contributed by atoms with Gasteiger partial charge in [-0.3, -0.25) is 28.7 Å². The number of halogens is 4. The first kappa shape index (κ1) is 29.0. The second-order valence-electron chi connectivity index (χ2n) is 8.77. The molecule has 0 spiro atoms. The minimum absolute atomic E-state index is 0.0923. The Labute approximate surface area is 214 Å². The molecule has 2 aliphatic heterocycles. The first-order chi connectivity index (χ1) is 17.9. The van der Waals surface area contributed by atoms with Crippen LogP contribution in [-0.2, 0) is 33.4 Å². The number of ether oxygens (including phenoxy) is 2. The molecule has 2 aliphatic rings. The predicted octanol–water partition coefficient (Wildman–Crippen LogP) is 0.497. The molecule has 0 radical (unpaired) electrons. The summed E-state index contributed by atoms with van der Waals surface area (Å²) in [6, 6.07) is 2.23. The Morgan fingerprint density at radius 1 is 1.21 bits per heavy atom. The Morgan fingerprint density at radius 3 is 2.53 bits per heavy atom. The molecular weight excluding hydrogens is 520 g/mol. The highest BCUT2D eigenvalue weighted by Gasteiger charge is 2.43. The van der Waals surface area contributed by atoms with Gasteiger partial charge >= 0.3 is 18.2 Å². The molecule has 4 amide bonds. The first-order valence-corrected chi connectivity index (χ1v) is 11.6. The lowest BCUT2D eigenvalue weighted by atomic mass is 9.95. The van der Waals surface area contributed by atoms with E-state index in [0.29, 0.717) is 13.0 Å². The quantitative estimate of drug-likeness (QED) is 0.302. The largest absolute Gasteiger partial charge is 0.522 e. The number of nitrogens with zero attached hydrogens (tertiary/aromatic N) is 1. The molecule has 4 atom stereocenters. The molecule has 208 valence electrons. The number of hydrogen-bond acceptors (Lipinski definition) is 7. The minimum Gasteiger partial charge on any atom is -0.380 e. The van der Waals surface area contributed by atoms with Crippen molar-refractivity contribution in [1.29, 1.82) is 0 Å². The molecule has 15 heteroatoms. The van der Waals surface area contributed by atoms with Gasteiger partial charge in [0.2, 0.25) is 11.8 Å². The van der Waals surface area contributed by atoms with E-state index in [0.717, 1.165) is 11.0 Å². The number of ketones is 1. The molecular formula is C23H26F4N4O7. The van der Waals surface area contributed by atoms with Gasteiger partial charge in [-0.05, 0) is 25.0 Å². The fraction of sp³-hybridized carbons (Fsp3) is 0.522. The van der Waals surface area contributed by atoms with E-state index >= 15 is 0 Å². The fourth-order valence-corrected chi connectivity index (χ4v) is 4.26. The predicted molar refractivity (Wildman–Crippen MR) is 121 cm³/mol. The van der Waals surface area contributed by atoms with Crippen molar-refractivity contribution in [2.75, 3.05) is 32.1 Å². The van der Waals surface area contributed by atoms with E-state index in [1.807, 2.05) is 0 Å². The Balaban J connectivity index is 1.75. The van der Waals surface area contributed by atoms with Crippen molar-refractivity contribution in [2.45, 2.75) is 43.8 Å². The summed E-state index contributed by atoms with van der Waals surface area (Å²) in [4.78, 5) is 64.0. The fourth-order valence-electron chi connectivity index (χ4n) is 4.26. The average molecular weight is 546 g/mol. The number of amides is 4. The zero-order valence-corrected chi connectivity index (χ0v) is 20.2. The number of hydrogen-bond donors (Lipinski definition) is 3. The van der Waals surface area contributed by atoms with Crippen molar-refractivity contribution < 1.29 is 51.0 Å². The zero-order valence-electron chi connectivity index (χ0n) is 20.2. The average Bonchev–Trinajstić information content (AvgIpc) is 3.48. The number of likely N-dealkylation sites (tertiary alicyclic amines) is 1. The lowest BCUT2D eigenvalue weighted by Gasteiger charge is -2.26. The van der Waals surface area contributed by atoms with E-state index in [2.05, 4.69) is 20.7 Å². The lowest BCUT2D eigenvalue weighted by Crippen LogP contribution is -2.53. The minimum atomic E-state index is -5.10. The first-order valence-electron chi connectivity index (χ1n) is 11.6. The van der Waals surface area contributed by atoms with Gasteiger partial charge in [0.05, 0.1) is 17.8 Å². The second-order valence-corrected chi connectivity index (χ2v) is 8.77. The van der Waals surface area contributed by atoms with Crippen LogP contribution in [0.3, 0.4) is 0 Å². The van der Waals surface area contributed by atoms with Gasteiger partial charge in [0, 0.05) is 32.5 Å². The third-order valence-electron chi connectivity index (χ3n) is 6.24. The molecule has 11 nitrogen and oxygen atoms in total. The Morgan fingerprint density at radius 2 is 1.92 bits per heavy atom. The summed E-state index contributed by atoms with van der Waals surface area (Å²) in [7, 11) is 1.31. The highest BCUT2D eigenvalue weighted by atomic mass is 19.4. The van der Waals surface area contributed by atoms with Crippen molar-refractivity contribution in [2.24, 2.45) is 5.92 Å². The van der Waals surface area contributed by atoms with E-state index in [4.69, 9.17) is 4.74 Å². The Bertz CT molecular complexity index is 1080. The number of anilines is 1. The van der Waals surface area contributed by atoms with Crippen molar-refractivity contribution in [3.8, 4) is 0 Å². The van der Waals surface area contributed by atoms with E-state index in [1.54, 1.807) is 0 Å². The van der Waals surface area contributed by atoms with Crippen LogP contribution in [-0.4, -0.2) is 85.7 Å². The molecule has 0 saturated carbocycles. The van der Waals surface area contributed by atoms with Gasteiger partial charge in [0.15, 0.2) is 5.78 Å². The van der Waals surface area contributed by atoms with Gasteiger partial charge in [-0.2, -0.15) is 0 Å². The monoisotopic (exact) mass is 546 g/mol. The number of alkyl halides is 3. The highest BCUT2D eigenvalue weighted by Crippen LogP contribution is 2.24. The van der Waals surface area contributed by atoms with Crippen molar-refractivity contribution in [3.63, 3.8) is 0 Å². The summed E-state index contributed by atoms with van der Waals surface area (Å²) in [5.74, 6) is -6.46. The zero-order chi connectivity index (χ0) is 28.0. The number of methoxy groups -OCH3 is 1. The normalized spacial score (nSPS) is 22.1. The van der Waals surface area contributed by atoms with Crippen LogP contribution in [0.5, 0.6) is 0 Å². The molecule has 1 aromatic carbocycles. The van der Waals surface area contributed by atoms with Crippen molar-refractivity contribution in [3.05, 3.63) is 30.1 Å². The molecule has 0 bridgehead atoms. The second kappa shape index (κ2) is 12.3. The van der Waals surface area contributed by atoms with Crippen molar-refractivity contribution in [1.82, 2.24) is 15.5 Å². The molecule has 2 heterocycles. The molecule has 1 aromatic rings. The number of nitrogens with one attached hydrogen (secondary N) is 3. The van der Waals surface area contributed by atoms with Crippen LogP contribution in [0, 0.1) is 11.7 Å². The number of rotatable bonds is 9. The van der Waals surface area contributed by atoms with E-state index < -0.39 is 72.3 Å². The molecule has 2 fully saturated rings. The lowest BCUT2D eigenvalue weighted by molar-refractivity contribution is -0.321. The van der Waals surface area contributed by atoms with Crippen LogP contribution in [0.2, 0.25) is 0 Å². The van der Waals surface area contributed by atoms with Gasteiger partial charge in [0.25, 0.3) is 0 Å². The number of benzene rings is 1. The molecule has 3 N–H and O–H groups in total. The molecule has 38 heavy (non-hydrogen) atoms. The Kier molecular flexibility index (Phi) is 9.38. The molecule has 3 rings (SSSR count). The summed E-state index contributed by atoms with van der Waals surface area (Å²) in [6.45, 7) is -1.30. The summed E-state index contributed by atoms with van der Waals surface area (Å²) < 4.78 is 60.2. The van der Waals surface area contributed by atoms with E-state index in [-0.39, 0.29) is 25.1 Å². The smallest absolute Gasteiger partial charge is 0.380 e. The number of carbonyl (C=O) groups is 5. The summed E-state index contributed by atoms with van der Waals surface area (Å²) in [6.07, 6.45) is -5.86. The Hall–Kier alpha value is -3.59. The topological polar surface area (TPSA) is 143 Å². The maximum Gasteiger partial charge on any atom is 0.522 e. The summed E-state index contributed by atoms with van der Waals surface area (Å²) >= 11 is 0. The van der Waals surface area contributed by atoms with E-state index in [1.165, 1.54) is 25.3 Å². The van der Waals surface area contributed by atoms with Gasteiger partial charge in [-0.25, -0.2) is 4.39 Å². The van der Waals surface area contributed by atoms with E-state index in [9.17, 15) is 41.5 Å². The standard InChI is InChI=1S/C23H26F4N4O7/c1-37-13-9-17(31(10-13)22(36)21(35)29-15-5-3-2-4-14(15)24)20(34)30-16(8-12-6-7-28-19(12)33)18(32)11-38-23(25,26)27/h2-5,12-13,16-17H,6-11H2,1H3,(H,28,33)(H,29,35)(H,30,34)/t12-,13+,16-,17-/m0/s1. The number of para-hydroxylation sites is 1. The van der Waals surface area contributed by atoms with Crippen molar-refractivity contribution >= 4 is 35.1 Å². The van der Waals surface area contributed by atoms with Crippen LogP contribution in [0.4, 0.5) is 23.2 Å². The van der Waals surface area contributed by atoms with Crippen LogP contribution in [0.15, 0.2) is 24.3 Å².